The number of fused-ring (bicyclic) bond motifs is 8. The lowest BCUT2D eigenvalue weighted by molar-refractivity contribution is 0.422. The quantitative estimate of drug-likeness (QED) is 0.173. The first kappa shape index (κ1) is 36.4. The van der Waals surface area contributed by atoms with E-state index in [1.165, 1.54) is 72.5 Å². The molecule has 4 nitrogen and oxygen atoms in total. The van der Waals surface area contributed by atoms with Gasteiger partial charge in [-0.15, -0.1) is 0 Å². The molecule has 0 bridgehead atoms. The molecule has 3 aliphatic heterocycles. The van der Waals surface area contributed by atoms with Crippen molar-refractivity contribution in [1.82, 2.24) is 4.90 Å². The fraction of sp³-hybridized carbons (Fsp3) is 0.121. The summed E-state index contributed by atoms with van der Waals surface area (Å²) in [5.41, 5.74) is 17.0. The molecule has 0 fully saturated rings. The molecule has 3 unspecified atom stereocenters. The van der Waals surface area contributed by atoms with E-state index in [0.29, 0.717) is 0 Å². The fourth-order valence-corrected chi connectivity index (χ4v) is 10.9. The maximum Gasteiger partial charge on any atom is 0.137 e. The van der Waals surface area contributed by atoms with Gasteiger partial charge in [0.15, 0.2) is 0 Å². The topological polar surface area (TPSA) is 22.1 Å². The maximum absolute atomic E-state index is 5.34. The van der Waals surface area contributed by atoms with Crippen LogP contribution in [0.4, 0.5) is 34.1 Å². The van der Waals surface area contributed by atoms with Gasteiger partial charge in [-0.1, -0.05) is 166 Å². The van der Waals surface area contributed by atoms with Crippen molar-refractivity contribution in [2.45, 2.75) is 37.3 Å². The van der Waals surface area contributed by atoms with Crippen LogP contribution in [0.15, 0.2) is 211 Å². The summed E-state index contributed by atoms with van der Waals surface area (Å²) in [6, 6.07) is 68.9. The molecular weight excluding hydrogens is 753 g/mol. The predicted octanol–water partition coefficient (Wildman–Crippen LogP) is 14.3. The summed E-state index contributed by atoms with van der Waals surface area (Å²) in [4.78, 5) is 12.7. The minimum Gasteiger partial charge on any atom is -0.348 e. The number of rotatable bonds is 5. The van der Waals surface area contributed by atoms with E-state index in [4.69, 9.17) is 4.99 Å². The van der Waals surface area contributed by atoms with E-state index in [1.54, 1.807) is 0 Å². The largest absolute Gasteiger partial charge is 0.348 e. The summed E-state index contributed by atoms with van der Waals surface area (Å²) in [6.45, 7) is 4.75. The van der Waals surface area contributed by atoms with E-state index < -0.39 is 0 Å². The Hall–Kier alpha value is -7.43. The standard InChI is InChI=1S/C58H46N4/c1-58(2)48-26-13-15-28-51(48)61(43-21-8-5-9-22-43)52-33-31-40(36-49(52)58)41-29-32-47-54(37-41)62(53-34-30-38-17-10-11-24-45(38)55(47)53)44-23-16-20-42(35-44)57-59-50-27-14-12-25-46(50)56(60(57)3)39-18-6-4-7-19-39/h4-37,47,54,56H,1-3H3. The van der Waals surface area contributed by atoms with Gasteiger partial charge in [-0.3, -0.25) is 0 Å². The van der Waals surface area contributed by atoms with Gasteiger partial charge in [-0.2, -0.15) is 0 Å². The Kier molecular flexibility index (Phi) is 8.27. The smallest absolute Gasteiger partial charge is 0.137 e. The van der Waals surface area contributed by atoms with Gasteiger partial charge in [-0.25, -0.2) is 4.99 Å². The number of amidine groups is 1. The van der Waals surface area contributed by atoms with Crippen LogP contribution in [-0.2, 0) is 5.41 Å². The van der Waals surface area contributed by atoms with Crippen LogP contribution in [0.1, 0.15) is 64.8 Å². The van der Waals surface area contributed by atoms with E-state index in [0.717, 1.165) is 22.8 Å². The lowest BCUT2D eigenvalue weighted by atomic mass is 9.72. The van der Waals surface area contributed by atoms with Crippen LogP contribution in [0, 0.1) is 0 Å². The van der Waals surface area contributed by atoms with Gasteiger partial charge in [0.1, 0.15) is 5.84 Å². The van der Waals surface area contributed by atoms with E-state index in [-0.39, 0.29) is 23.4 Å². The van der Waals surface area contributed by atoms with Crippen molar-refractivity contribution in [3.8, 4) is 0 Å². The lowest BCUT2D eigenvalue weighted by Gasteiger charge is -2.42. The van der Waals surface area contributed by atoms with Gasteiger partial charge in [0.25, 0.3) is 0 Å². The SMILES string of the molecule is CN1C(c2cccc(N3c4ccc5ccccc5c4C4C=CC(c5ccc6c(c5)C(C)(C)c5ccccc5N6c5ccccc5)=CC43)c2)=Nc2ccccc2C1c1ccccc1. The Labute approximate surface area is 364 Å². The monoisotopic (exact) mass is 798 g/mol. The molecule has 0 saturated heterocycles. The van der Waals surface area contributed by atoms with E-state index in [2.05, 4.69) is 242 Å². The highest BCUT2D eigenvalue weighted by Gasteiger charge is 2.41. The number of anilines is 5. The Morgan fingerprint density at radius 3 is 2.15 bits per heavy atom. The minimum absolute atomic E-state index is 0.0515. The third-order valence-corrected chi connectivity index (χ3v) is 13.8. The molecule has 12 rings (SSSR count). The molecule has 0 spiro atoms. The molecule has 8 aromatic carbocycles. The van der Waals surface area contributed by atoms with Gasteiger partial charge in [-0.05, 0) is 98.8 Å². The summed E-state index contributed by atoms with van der Waals surface area (Å²) >= 11 is 0. The second kappa shape index (κ2) is 14.1. The minimum atomic E-state index is -0.196. The van der Waals surface area contributed by atoms with Crippen molar-refractivity contribution in [2.75, 3.05) is 16.8 Å². The molecule has 0 amide bonds. The maximum atomic E-state index is 5.34. The molecule has 298 valence electrons. The Balaban J connectivity index is 0.983. The Bertz CT molecular complexity index is 3160. The van der Waals surface area contributed by atoms with Crippen LogP contribution in [0.25, 0.3) is 16.3 Å². The molecular formula is C58H46N4. The van der Waals surface area contributed by atoms with Crippen LogP contribution in [0.2, 0.25) is 0 Å². The number of aliphatic imine (C=N–C) groups is 1. The number of hydrogen-bond donors (Lipinski definition) is 0. The van der Waals surface area contributed by atoms with Crippen molar-refractivity contribution in [1.29, 1.82) is 0 Å². The molecule has 3 atom stereocenters. The van der Waals surface area contributed by atoms with Crippen molar-refractivity contribution in [2.24, 2.45) is 4.99 Å². The molecule has 62 heavy (non-hydrogen) atoms. The first-order valence-corrected chi connectivity index (χ1v) is 21.8. The van der Waals surface area contributed by atoms with Crippen LogP contribution < -0.4 is 9.80 Å². The molecule has 0 N–H and O–H groups in total. The first-order chi connectivity index (χ1) is 30.4. The fourth-order valence-electron chi connectivity index (χ4n) is 10.9. The average Bonchev–Trinajstić information content (AvgIpc) is 3.66. The molecule has 0 aromatic heterocycles. The van der Waals surface area contributed by atoms with Gasteiger partial charge in [0, 0.05) is 46.6 Å². The zero-order chi connectivity index (χ0) is 41.5. The van der Waals surface area contributed by atoms with Crippen molar-refractivity contribution in [3.05, 3.63) is 245 Å². The third kappa shape index (κ3) is 5.56. The molecule has 3 heterocycles. The number of hydrogen-bond acceptors (Lipinski definition) is 4. The highest BCUT2D eigenvalue weighted by atomic mass is 15.2. The Morgan fingerprint density at radius 2 is 1.27 bits per heavy atom. The van der Waals surface area contributed by atoms with E-state index in [9.17, 15) is 0 Å². The molecule has 4 heteroatoms. The second-order valence-corrected chi connectivity index (χ2v) is 17.6. The first-order valence-electron chi connectivity index (χ1n) is 21.8. The van der Waals surface area contributed by atoms with Crippen molar-refractivity contribution >= 4 is 56.3 Å². The van der Waals surface area contributed by atoms with Gasteiger partial charge < -0.3 is 14.7 Å². The summed E-state index contributed by atoms with van der Waals surface area (Å²) in [5.74, 6) is 1.15. The number of allylic oxidation sites excluding steroid dienone is 2. The third-order valence-electron chi connectivity index (χ3n) is 13.8. The molecule has 8 aromatic rings. The molecule has 1 aliphatic carbocycles. The Morgan fingerprint density at radius 1 is 0.565 bits per heavy atom. The average molecular weight is 799 g/mol. The zero-order valence-electron chi connectivity index (χ0n) is 35.2. The van der Waals surface area contributed by atoms with Crippen LogP contribution >= 0.6 is 0 Å². The summed E-state index contributed by atoms with van der Waals surface area (Å²) in [7, 11) is 2.19. The number of nitrogens with zero attached hydrogens (tertiary/aromatic N) is 4. The summed E-state index contributed by atoms with van der Waals surface area (Å²) < 4.78 is 0. The van der Waals surface area contributed by atoms with Gasteiger partial charge in [0.05, 0.1) is 29.1 Å². The normalized spacial score (nSPS) is 19.2. The predicted molar refractivity (Wildman–Crippen MR) is 258 cm³/mol. The van der Waals surface area contributed by atoms with Crippen molar-refractivity contribution < 1.29 is 0 Å². The van der Waals surface area contributed by atoms with E-state index >= 15 is 0 Å². The van der Waals surface area contributed by atoms with E-state index in [1.807, 2.05) is 0 Å². The van der Waals surface area contributed by atoms with Gasteiger partial charge >= 0.3 is 0 Å². The number of para-hydroxylation sites is 3. The molecule has 4 aliphatic rings. The zero-order valence-corrected chi connectivity index (χ0v) is 35.2. The second-order valence-electron chi connectivity index (χ2n) is 17.6. The summed E-state index contributed by atoms with van der Waals surface area (Å²) in [5, 5.41) is 2.59. The summed E-state index contributed by atoms with van der Waals surface area (Å²) in [6.07, 6.45) is 7.37. The van der Waals surface area contributed by atoms with Crippen LogP contribution in [0.5, 0.6) is 0 Å². The van der Waals surface area contributed by atoms with Crippen molar-refractivity contribution in [3.63, 3.8) is 0 Å². The molecule has 0 radical (unpaired) electrons. The molecule has 0 saturated carbocycles. The highest BCUT2D eigenvalue weighted by Crippen LogP contribution is 2.54. The number of benzene rings is 8. The van der Waals surface area contributed by atoms with Gasteiger partial charge in [0.2, 0.25) is 0 Å². The van der Waals surface area contributed by atoms with Crippen LogP contribution in [0.3, 0.4) is 0 Å². The highest BCUT2D eigenvalue weighted by molar-refractivity contribution is 6.03. The van der Waals surface area contributed by atoms with Crippen LogP contribution in [-0.4, -0.2) is 23.8 Å². The lowest BCUT2D eigenvalue weighted by Crippen LogP contribution is -2.35.